The predicted molar refractivity (Wildman–Crippen MR) is 162 cm³/mol. The van der Waals surface area contributed by atoms with Crippen LogP contribution in [0.15, 0.2) is 47.3 Å². The third kappa shape index (κ3) is 5.80. The average molecular weight is 589 g/mol. The van der Waals surface area contributed by atoms with Gasteiger partial charge in [0, 0.05) is 38.3 Å². The van der Waals surface area contributed by atoms with E-state index in [9.17, 15) is 9.59 Å². The van der Waals surface area contributed by atoms with Crippen molar-refractivity contribution in [3.05, 3.63) is 69.9 Å². The number of ether oxygens (including phenoxy) is 2. The van der Waals surface area contributed by atoms with Crippen LogP contribution in [0.3, 0.4) is 0 Å². The number of anilines is 1. The molecule has 6 rings (SSSR count). The minimum atomic E-state index is -0.440. The lowest BCUT2D eigenvalue weighted by atomic mass is 9.94. The zero-order chi connectivity index (χ0) is 29.9. The van der Waals surface area contributed by atoms with Crippen LogP contribution >= 0.6 is 0 Å². The Morgan fingerprint density at radius 1 is 1.05 bits per heavy atom. The molecule has 0 radical (unpaired) electrons. The Hall–Kier alpha value is -4.41. The Morgan fingerprint density at radius 2 is 1.84 bits per heavy atom. The third-order valence-corrected chi connectivity index (χ3v) is 8.54. The van der Waals surface area contributed by atoms with Gasteiger partial charge in [-0.3, -0.25) is 14.5 Å². The van der Waals surface area contributed by atoms with Crippen molar-refractivity contribution in [1.29, 1.82) is 0 Å². The van der Waals surface area contributed by atoms with Gasteiger partial charge in [0.1, 0.15) is 35.0 Å². The standard InChI is InChI=1S/C32H37FN6O4/c1-21-28-29(36-35-21)31(40)39(23-12-7-4-8-13-23)30(34-28)24-18-25(33)26(19-27(24)42-2)37-14-9-15-38(17-16-37)32(41)43-20-22-10-5-3-6-11-22/h3,5-6,10-11,18-19,23H,4,7-9,12-17,20H2,1-2H3,(H,35,36). The molecule has 0 spiro atoms. The molecule has 1 saturated carbocycles. The highest BCUT2D eigenvalue weighted by atomic mass is 19.1. The quantitative estimate of drug-likeness (QED) is 0.313. The number of H-pyrrole nitrogens is 1. The van der Waals surface area contributed by atoms with Crippen LogP contribution in [-0.4, -0.2) is 64.0 Å². The maximum absolute atomic E-state index is 16.0. The first-order valence-corrected chi connectivity index (χ1v) is 15.0. The summed E-state index contributed by atoms with van der Waals surface area (Å²) in [6.45, 7) is 3.91. The van der Waals surface area contributed by atoms with Crippen LogP contribution in [0.5, 0.6) is 5.75 Å². The Bertz CT molecular complexity index is 1660. The molecule has 0 bridgehead atoms. The number of carbonyl (C=O) groups excluding carboxylic acids is 1. The number of carbonyl (C=O) groups is 1. The highest BCUT2D eigenvalue weighted by molar-refractivity contribution is 5.80. The van der Waals surface area contributed by atoms with Crippen LogP contribution < -0.4 is 15.2 Å². The summed E-state index contributed by atoms with van der Waals surface area (Å²) in [5.41, 5.74) is 2.97. The van der Waals surface area contributed by atoms with Crippen LogP contribution in [-0.2, 0) is 11.3 Å². The van der Waals surface area contributed by atoms with Crippen molar-refractivity contribution in [1.82, 2.24) is 24.6 Å². The summed E-state index contributed by atoms with van der Waals surface area (Å²) in [5.74, 6) is 0.375. The number of halogens is 1. The maximum atomic E-state index is 16.0. The number of hydrogen-bond donors (Lipinski definition) is 1. The predicted octanol–water partition coefficient (Wildman–Crippen LogP) is 5.60. The van der Waals surface area contributed by atoms with Gasteiger partial charge < -0.3 is 19.3 Å². The van der Waals surface area contributed by atoms with Crippen LogP contribution in [0.1, 0.15) is 55.8 Å². The molecule has 0 atom stereocenters. The number of aryl methyl sites for hydroxylation is 1. The van der Waals surface area contributed by atoms with E-state index in [0.717, 1.165) is 37.7 Å². The second-order valence-electron chi connectivity index (χ2n) is 11.3. The molecule has 2 aromatic heterocycles. The molecule has 2 aliphatic rings. The minimum Gasteiger partial charge on any atom is -0.496 e. The maximum Gasteiger partial charge on any atom is 0.410 e. The Balaban J connectivity index is 1.28. The van der Waals surface area contributed by atoms with Crippen molar-refractivity contribution in [3.63, 3.8) is 0 Å². The molecule has 4 aromatic rings. The smallest absolute Gasteiger partial charge is 0.410 e. The molecule has 2 fully saturated rings. The molecule has 2 aromatic carbocycles. The molecule has 11 heteroatoms. The highest BCUT2D eigenvalue weighted by Crippen LogP contribution is 2.38. The number of fused-ring (bicyclic) bond motifs is 1. The summed E-state index contributed by atoms with van der Waals surface area (Å²) >= 11 is 0. The molecule has 1 aliphatic carbocycles. The van der Waals surface area contributed by atoms with Gasteiger partial charge >= 0.3 is 6.09 Å². The van der Waals surface area contributed by atoms with Crippen LogP contribution in [0.25, 0.3) is 22.4 Å². The monoisotopic (exact) mass is 588 g/mol. The van der Waals surface area contributed by atoms with Gasteiger partial charge in [0.15, 0.2) is 0 Å². The van der Waals surface area contributed by atoms with Gasteiger partial charge in [-0.2, -0.15) is 5.10 Å². The normalized spacial score (nSPS) is 16.3. The van der Waals surface area contributed by atoms with E-state index in [2.05, 4.69) is 10.2 Å². The van der Waals surface area contributed by atoms with E-state index in [1.807, 2.05) is 35.2 Å². The van der Waals surface area contributed by atoms with Crippen molar-refractivity contribution < 1.29 is 18.7 Å². The van der Waals surface area contributed by atoms with Crippen LogP contribution in [0.4, 0.5) is 14.9 Å². The van der Waals surface area contributed by atoms with Crippen LogP contribution in [0, 0.1) is 12.7 Å². The summed E-state index contributed by atoms with van der Waals surface area (Å²) in [4.78, 5) is 35.0. The van der Waals surface area contributed by atoms with E-state index >= 15 is 4.39 Å². The molecule has 1 aliphatic heterocycles. The molecule has 226 valence electrons. The van der Waals surface area contributed by atoms with Gasteiger partial charge in [0.25, 0.3) is 5.56 Å². The second-order valence-corrected chi connectivity index (χ2v) is 11.3. The highest BCUT2D eigenvalue weighted by Gasteiger charge is 2.28. The number of hydrogen-bond acceptors (Lipinski definition) is 7. The molecule has 10 nitrogen and oxygen atoms in total. The summed E-state index contributed by atoms with van der Waals surface area (Å²) in [6.07, 6.45) is 5.16. The summed E-state index contributed by atoms with van der Waals surface area (Å²) in [5, 5.41) is 7.06. The molecule has 1 saturated heterocycles. The van der Waals surface area contributed by atoms with E-state index < -0.39 is 5.82 Å². The number of aromatic amines is 1. The Morgan fingerprint density at radius 3 is 2.60 bits per heavy atom. The number of benzene rings is 2. The van der Waals surface area contributed by atoms with Gasteiger partial charge in [0.05, 0.1) is 24.1 Å². The van der Waals surface area contributed by atoms with Crippen molar-refractivity contribution in [3.8, 4) is 17.1 Å². The molecule has 1 N–H and O–H groups in total. The number of aromatic nitrogens is 4. The average Bonchev–Trinajstić information content (AvgIpc) is 3.24. The number of nitrogens with zero attached hydrogens (tertiary/aromatic N) is 5. The van der Waals surface area contributed by atoms with E-state index in [-0.39, 0.29) is 24.3 Å². The van der Waals surface area contributed by atoms with Crippen molar-refractivity contribution in [2.75, 3.05) is 38.2 Å². The van der Waals surface area contributed by atoms with E-state index in [1.54, 1.807) is 22.5 Å². The SMILES string of the molecule is COc1cc(N2CCCN(C(=O)OCc3ccccc3)CC2)c(F)cc1-c1nc2c(C)n[nH]c2c(=O)n1C1CCCCC1. The molecular formula is C32H37FN6O4. The lowest BCUT2D eigenvalue weighted by Crippen LogP contribution is -2.35. The first-order chi connectivity index (χ1) is 20.9. The van der Waals surface area contributed by atoms with Gasteiger partial charge in [0.2, 0.25) is 0 Å². The van der Waals surface area contributed by atoms with Crippen molar-refractivity contribution in [2.45, 2.75) is 58.1 Å². The number of amides is 1. The fourth-order valence-corrected chi connectivity index (χ4v) is 6.24. The number of nitrogens with one attached hydrogen (secondary N) is 1. The minimum absolute atomic E-state index is 0.0394. The summed E-state index contributed by atoms with van der Waals surface area (Å²) in [6, 6.07) is 12.6. The van der Waals surface area contributed by atoms with Gasteiger partial charge in [-0.25, -0.2) is 14.2 Å². The lowest BCUT2D eigenvalue weighted by molar-refractivity contribution is 0.0986. The first-order valence-electron chi connectivity index (χ1n) is 15.0. The topological polar surface area (TPSA) is 106 Å². The number of methoxy groups -OCH3 is 1. The molecular weight excluding hydrogens is 551 g/mol. The Labute approximate surface area is 249 Å². The van der Waals surface area contributed by atoms with Crippen LogP contribution in [0.2, 0.25) is 0 Å². The number of rotatable bonds is 6. The van der Waals surface area contributed by atoms with Gasteiger partial charge in [-0.1, -0.05) is 49.6 Å². The van der Waals surface area contributed by atoms with Gasteiger partial charge in [-0.15, -0.1) is 0 Å². The third-order valence-electron chi connectivity index (χ3n) is 8.54. The zero-order valence-corrected chi connectivity index (χ0v) is 24.6. The van der Waals surface area contributed by atoms with E-state index in [0.29, 0.717) is 72.2 Å². The fourth-order valence-electron chi connectivity index (χ4n) is 6.24. The molecule has 1 amide bonds. The zero-order valence-electron chi connectivity index (χ0n) is 24.6. The molecule has 0 unspecified atom stereocenters. The summed E-state index contributed by atoms with van der Waals surface area (Å²) in [7, 11) is 1.54. The molecule has 3 heterocycles. The Kier molecular flexibility index (Phi) is 8.31. The largest absolute Gasteiger partial charge is 0.496 e. The molecule has 43 heavy (non-hydrogen) atoms. The van der Waals surface area contributed by atoms with Crippen molar-refractivity contribution in [2.24, 2.45) is 0 Å². The van der Waals surface area contributed by atoms with Gasteiger partial charge in [-0.05, 0) is 37.8 Å². The first kappa shape index (κ1) is 28.7. The van der Waals surface area contributed by atoms with Crippen molar-refractivity contribution >= 4 is 22.8 Å². The van der Waals surface area contributed by atoms with E-state index in [4.69, 9.17) is 14.5 Å². The fraction of sp³-hybridized carbons (Fsp3) is 0.438. The second kappa shape index (κ2) is 12.4. The lowest BCUT2D eigenvalue weighted by Gasteiger charge is -2.28. The summed E-state index contributed by atoms with van der Waals surface area (Å²) < 4.78 is 29.0. The van der Waals surface area contributed by atoms with E-state index in [1.165, 1.54) is 13.2 Å².